The number of aliphatic hydroxyl groups is 1. The van der Waals surface area contributed by atoms with Crippen LogP contribution in [0.25, 0.3) is 6.08 Å². The molecule has 0 saturated heterocycles. The third-order valence-corrected chi connectivity index (χ3v) is 3.13. The molecule has 0 atom stereocenters. The van der Waals surface area contributed by atoms with Crippen molar-refractivity contribution in [3.05, 3.63) is 40.1 Å². The number of carbonyl (C=O) groups excluding carboxylic acids is 1. The van der Waals surface area contributed by atoms with E-state index in [4.69, 9.17) is 0 Å². The zero-order valence-corrected chi connectivity index (χ0v) is 13.4. The molecule has 0 aliphatic heterocycles. The Bertz CT molecular complexity index is 509. The van der Waals surface area contributed by atoms with E-state index in [1.165, 1.54) is 23.1 Å². The summed E-state index contributed by atoms with van der Waals surface area (Å²) in [5.41, 5.74) is -0.618. The number of hydrogen-bond acceptors (Lipinski definition) is 2. The molecule has 110 valence electrons. The molecule has 0 spiro atoms. The zero-order chi connectivity index (χ0) is 15.3. The Kier molecular flexibility index (Phi) is 5.89. The summed E-state index contributed by atoms with van der Waals surface area (Å²) in [6, 6.07) is 4.54. The molecule has 1 amide bonds. The summed E-state index contributed by atoms with van der Waals surface area (Å²) in [5, 5.41) is 9.75. The second-order valence-electron chi connectivity index (χ2n) is 5.16. The summed E-state index contributed by atoms with van der Waals surface area (Å²) in [7, 11) is 0. The first-order valence-corrected chi connectivity index (χ1v) is 7.16. The maximum Gasteiger partial charge on any atom is 0.246 e. The summed E-state index contributed by atoms with van der Waals surface area (Å²) in [6.45, 7) is 5.82. The van der Waals surface area contributed by atoms with E-state index in [2.05, 4.69) is 15.9 Å². The first kappa shape index (κ1) is 16.9. The number of amides is 1. The van der Waals surface area contributed by atoms with Crippen LogP contribution in [0.2, 0.25) is 0 Å². The smallest absolute Gasteiger partial charge is 0.246 e. The lowest BCUT2D eigenvalue weighted by Crippen LogP contribution is -2.41. The van der Waals surface area contributed by atoms with Gasteiger partial charge in [-0.2, -0.15) is 0 Å². The Labute approximate surface area is 127 Å². The van der Waals surface area contributed by atoms with Gasteiger partial charge in [-0.25, -0.2) is 4.39 Å². The van der Waals surface area contributed by atoms with Gasteiger partial charge in [-0.1, -0.05) is 15.9 Å². The van der Waals surface area contributed by atoms with Crippen LogP contribution in [0.15, 0.2) is 28.7 Å². The van der Waals surface area contributed by atoms with Crippen molar-refractivity contribution in [2.45, 2.75) is 26.4 Å². The highest BCUT2D eigenvalue weighted by Gasteiger charge is 2.19. The van der Waals surface area contributed by atoms with E-state index in [0.29, 0.717) is 12.1 Å². The molecule has 0 bridgehead atoms. The van der Waals surface area contributed by atoms with Crippen molar-refractivity contribution in [2.24, 2.45) is 0 Å². The van der Waals surface area contributed by atoms with E-state index in [9.17, 15) is 14.3 Å². The second kappa shape index (κ2) is 6.99. The summed E-state index contributed by atoms with van der Waals surface area (Å²) in [6.07, 6.45) is 2.76. The minimum absolute atomic E-state index is 0.230. The molecule has 0 aliphatic rings. The van der Waals surface area contributed by atoms with Crippen molar-refractivity contribution < 1.29 is 14.3 Å². The lowest BCUT2D eigenvalue weighted by molar-refractivity contribution is -0.128. The fourth-order valence-corrected chi connectivity index (χ4v) is 2.10. The predicted molar refractivity (Wildman–Crippen MR) is 81.7 cm³/mol. The van der Waals surface area contributed by atoms with Crippen LogP contribution < -0.4 is 0 Å². The molecule has 20 heavy (non-hydrogen) atoms. The van der Waals surface area contributed by atoms with Crippen molar-refractivity contribution in [1.82, 2.24) is 4.90 Å². The monoisotopic (exact) mass is 343 g/mol. The third kappa shape index (κ3) is 5.43. The van der Waals surface area contributed by atoms with Crippen LogP contribution in [-0.4, -0.2) is 34.6 Å². The highest BCUT2D eigenvalue weighted by molar-refractivity contribution is 9.10. The van der Waals surface area contributed by atoms with Gasteiger partial charge in [-0.15, -0.1) is 0 Å². The van der Waals surface area contributed by atoms with Gasteiger partial charge < -0.3 is 10.0 Å². The molecule has 1 aromatic rings. The Hall–Kier alpha value is -1.20. The molecule has 0 unspecified atom stereocenters. The molecular formula is C15H19BrFNO2. The zero-order valence-electron chi connectivity index (χ0n) is 11.9. The number of rotatable bonds is 5. The average molecular weight is 344 g/mol. The van der Waals surface area contributed by atoms with Crippen molar-refractivity contribution >= 4 is 27.9 Å². The van der Waals surface area contributed by atoms with Gasteiger partial charge in [0.1, 0.15) is 5.82 Å². The minimum atomic E-state index is -0.958. The molecule has 5 heteroatoms. The topological polar surface area (TPSA) is 40.5 Å². The molecular weight excluding hydrogens is 325 g/mol. The Morgan fingerprint density at radius 2 is 2.15 bits per heavy atom. The fraction of sp³-hybridized carbons (Fsp3) is 0.400. The van der Waals surface area contributed by atoms with Crippen LogP contribution in [0.1, 0.15) is 26.3 Å². The lowest BCUT2D eigenvalue weighted by atomic mass is 10.1. The highest BCUT2D eigenvalue weighted by Crippen LogP contribution is 2.17. The van der Waals surface area contributed by atoms with Gasteiger partial charge in [-0.05, 0) is 45.0 Å². The molecule has 0 heterocycles. The van der Waals surface area contributed by atoms with Crippen molar-refractivity contribution in [1.29, 1.82) is 0 Å². The average Bonchev–Trinajstić information content (AvgIpc) is 2.35. The largest absolute Gasteiger partial charge is 0.389 e. The molecule has 0 aliphatic carbocycles. The first-order chi connectivity index (χ1) is 9.23. The maximum absolute atomic E-state index is 13.5. The van der Waals surface area contributed by atoms with E-state index in [-0.39, 0.29) is 18.3 Å². The van der Waals surface area contributed by atoms with Crippen LogP contribution >= 0.6 is 15.9 Å². The van der Waals surface area contributed by atoms with E-state index in [1.54, 1.807) is 26.0 Å². The number of carbonyl (C=O) groups is 1. The molecule has 0 radical (unpaired) electrons. The Morgan fingerprint density at radius 3 is 2.70 bits per heavy atom. The van der Waals surface area contributed by atoms with Crippen molar-refractivity contribution in [2.75, 3.05) is 13.1 Å². The van der Waals surface area contributed by atoms with Gasteiger partial charge in [0.25, 0.3) is 0 Å². The van der Waals surface area contributed by atoms with Gasteiger partial charge >= 0.3 is 0 Å². The molecule has 0 saturated carbocycles. The molecule has 1 N–H and O–H groups in total. The maximum atomic E-state index is 13.5. The standard InChI is InChI=1S/C15H19BrFNO2/c1-4-18(10-15(2,3)20)14(19)8-5-11-9-12(16)6-7-13(11)17/h5-9,20H,4,10H2,1-3H3. The fourth-order valence-electron chi connectivity index (χ4n) is 1.72. The van der Waals surface area contributed by atoms with Gasteiger partial charge in [0, 0.05) is 29.2 Å². The van der Waals surface area contributed by atoms with Gasteiger partial charge in [-0.3, -0.25) is 4.79 Å². The van der Waals surface area contributed by atoms with E-state index in [0.717, 1.165) is 4.47 Å². The summed E-state index contributed by atoms with van der Waals surface area (Å²) < 4.78 is 14.3. The second-order valence-corrected chi connectivity index (χ2v) is 6.08. The highest BCUT2D eigenvalue weighted by atomic mass is 79.9. The minimum Gasteiger partial charge on any atom is -0.389 e. The number of likely N-dealkylation sites (N-methyl/N-ethyl adjacent to an activating group) is 1. The van der Waals surface area contributed by atoms with Crippen molar-refractivity contribution in [3.8, 4) is 0 Å². The molecule has 1 aromatic carbocycles. The molecule has 0 fully saturated rings. The number of nitrogens with zero attached hydrogens (tertiary/aromatic N) is 1. The van der Waals surface area contributed by atoms with E-state index in [1.807, 2.05) is 6.92 Å². The van der Waals surface area contributed by atoms with Gasteiger partial charge in [0.2, 0.25) is 5.91 Å². The summed E-state index contributed by atoms with van der Waals surface area (Å²) in [4.78, 5) is 13.5. The summed E-state index contributed by atoms with van der Waals surface area (Å²) >= 11 is 3.26. The Balaban J connectivity index is 2.82. The van der Waals surface area contributed by atoms with Crippen LogP contribution in [0.3, 0.4) is 0 Å². The van der Waals surface area contributed by atoms with E-state index >= 15 is 0 Å². The SMILES string of the molecule is CCN(CC(C)(C)O)C(=O)C=Cc1cc(Br)ccc1F. The third-order valence-electron chi connectivity index (χ3n) is 2.63. The predicted octanol–water partition coefficient (Wildman–Crippen LogP) is 3.22. The number of hydrogen-bond donors (Lipinski definition) is 1. The molecule has 0 aromatic heterocycles. The lowest BCUT2D eigenvalue weighted by Gasteiger charge is -2.27. The number of benzene rings is 1. The van der Waals surface area contributed by atoms with Crippen LogP contribution in [-0.2, 0) is 4.79 Å². The van der Waals surface area contributed by atoms with Gasteiger partial charge in [0.15, 0.2) is 0 Å². The quantitative estimate of drug-likeness (QED) is 0.834. The summed E-state index contributed by atoms with van der Waals surface area (Å²) in [5.74, 6) is -0.642. The van der Waals surface area contributed by atoms with Crippen molar-refractivity contribution in [3.63, 3.8) is 0 Å². The van der Waals surface area contributed by atoms with Crippen LogP contribution in [0, 0.1) is 5.82 Å². The molecule has 3 nitrogen and oxygen atoms in total. The normalized spacial score (nSPS) is 11.9. The Morgan fingerprint density at radius 1 is 1.50 bits per heavy atom. The van der Waals surface area contributed by atoms with E-state index < -0.39 is 5.60 Å². The van der Waals surface area contributed by atoms with Crippen LogP contribution in [0.5, 0.6) is 0 Å². The van der Waals surface area contributed by atoms with Gasteiger partial charge in [0.05, 0.1) is 5.60 Å². The number of halogens is 2. The van der Waals surface area contributed by atoms with Crippen LogP contribution in [0.4, 0.5) is 4.39 Å². The molecule has 1 rings (SSSR count). The first-order valence-electron chi connectivity index (χ1n) is 6.37.